The van der Waals surface area contributed by atoms with Crippen LogP contribution in [0.2, 0.25) is 0 Å². The van der Waals surface area contributed by atoms with Gasteiger partial charge in [0.1, 0.15) is 5.75 Å². The Kier molecular flexibility index (Phi) is 6.85. The minimum Gasteiger partial charge on any atom is -0.496 e. The topological polar surface area (TPSA) is 49.9 Å². The third-order valence-electron chi connectivity index (χ3n) is 4.72. The summed E-state index contributed by atoms with van der Waals surface area (Å²) in [5.74, 6) is 1.14. The molecule has 0 aromatic heterocycles. The number of methoxy groups -OCH3 is 1. The number of carbonyl (C=O) groups is 2. The molecule has 2 amide bonds. The molecule has 0 spiro atoms. The normalized spacial score (nSPS) is 15.2. The van der Waals surface area contributed by atoms with Crippen molar-refractivity contribution in [3.8, 4) is 5.75 Å². The molecule has 0 N–H and O–H groups in total. The third kappa shape index (κ3) is 4.74. The lowest BCUT2D eigenvalue weighted by Crippen LogP contribution is -2.37. The highest BCUT2D eigenvalue weighted by atomic mass is 16.5. The third-order valence-corrected chi connectivity index (χ3v) is 4.72. The zero-order valence-electron chi connectivity index (χ0n) is 15.9. The van der Waals surface area contributed by atoms with Crippen LogP contribution in [0.1, 0.15) is 61.9 Å². The van der Waals surface area contributed by atoms with Crippen LogP contribution in [0, 0.1) is 0 Å². The fourth-order valence-electron chi connectivity index (χ4n) is 3.16. The van der Waals surface area contributed by atoms with Crippen molar-refractivity contribution in [2.75, 3.05) is 33.3 Å². The number of rotatable bonds is 5. The van der Waals surface area contributed by atoms with Crippen molar-refractivity contribution in [3.05, 3.63) is 29.3 Å². The van der Waals surface area contributed by atoms with E-state index in [1.165, 1.54) is 0 Å². The van der Waals surface area contributed by atoms with Gasteiger partial charge < -0.3 is 14.5 Å². The molecule has 1 aliphatic heterocycles. The maximum absolute atomic E-state index is 13.1. The second-order valence-electron chi connectivity index (χ2n) is 6.89. The highest BCUT2D eigenvalue weighted by Crippen LogP contribution is 2.26. The molecular weight excluding hydrogens is 316 g/mol. The lowest BCUT2D eigenvalue weighted by molar-refractivity contribution is -0.131. The Bertz CT molecular complexity index is 613. The van der Waals surface area contributed by atoms with Crippen LogP contribution in [0.25, 0.3) is 0 Å². The summed E-state index contributed by atoms with van der Waals surface area (Å²) in [5, 5.41) is 0. The Morgan fingerprint density at radius 3 is 2.44 bits per heavy atom. The number of ether oxygens (including phenoxy) is 1. The summed E-state index contributed by atoms with van der Waals surface area (Å²) in [6, 6.07) is 5.82. The van der Waals surface area contributed by atoms with Gasteiger partial charge in [-0.3, -0.25) is 9.59 Å². The van der Waals surface area contributed by atoms with E-state index in [4.69, 9.17) is 4.74 Å². The summed E-state index contributed by atoms with van der Waals surface area (Å²) in [5.41, 5.74) is 1.74. The SMILES string of the molecule is CCCC(=O)N1CCCN(C(=O)c2cc(C(C)C)ccc2OC)CC1. The number of hydrogen-bond acceptors (Lipinski definition) is 3. The van der Waals surface area contributed by atoms with E-state index in [0.717, 1.165) is 24.9 Å². The average molecular weight is 346 g/mol. The fourth-order valence-corrected chi connectivity index (χ4v) is 3.16. The van der Waals surface area contributed by atoms with Gasteiger partial charge in [0.05, 0.1) is 12.7 Å². The summed E-state index contributed by atoms with van der Waals surface area (Å²) in [4.78, 5) is 28.9. The first-order chi connectivity index (χ1) is 12.0. The van der Waals surface area contributed by atoms with E-state index in [1.807, 2.05) is 34.9 Å². The van der Waals surface area contributed by atoms with Gasteiger partial charge in [0.2, 0.25) is 5.91 Å². The van der Waals surface area contributed by atoms with Gasteiger partial charge in [-0.25, -0.2) is 0 Å². The van der Waals surface area contributed by atoms with Crippen molar-refractivity contribution >= 4 is 11.8 Å². The first kappa shape index (κ1) is 19.3. The fraction of sp³-hybridized carbons (Fsp3) is 0.600. The van der Waals surface area contributed by atoms with Crippen molar-refractivity contribution in [1.29, 1.82) is 0 Å². The van der Waals surface area contributed by atoms with Crippen molar-refractivity contribution < 1.29 is 14.3 Å². The molecule has 1 fully saturated rings. The summed E-state index contributed by atoms with van der Waals surface area (Å²) in [7, 11) is 1.59. The Labute approximate surface area is 150 Å². The van der Waals surface area contributed by atoms with Crippen LogP contribution in [0.4, 0.5) is 0 Å². The van der Waals surface area contributed by atoms with Gasteiger partial charge >= 0.3 is 0 Å². The summed E-state index contributed by atoms with van der Waals surface area (Å²) in [6.45, 7) is 8.81. The maximum Gasteiger partial charge on any atom is 0.257 e. The van der Waals surface area contributed by atoms with Crippen LogP contribution in [-0.4, -0.2) is 54.9 Å². The summed E-state index contributed by atoms with van der Waals surface area (Å²) < 4.78 is 5.40. The van der Waals surface area contributed by atoms with Crippen LogP contribution in [0.15, 0.2) is 18.2 Å². The van der Waals surface area contributed by atoms with E-state index in [9.17, 15) is 9.59 Å². The number of amides is 2. The Morgan fingerprint density at radius 2 is 1.80 bits per heavy atom. The molecule has 1 aromatic carbocycles. The van der Waals surface area contributed by atoms with Crippen LogP contribution >= 0.6 is 0 Å². The Balaban J connectivity index is 2.15. The lowest BCUT2D eigenvalue weighted by atomic mass is 9.99. The molecule has 1 aliphatic rings. The zero-order valence-corrected chi connectivity index (χ0v) is 15.9. The smallest absolute Gasteiger partial charge is 0.257 e. The number of carbonyl (C=O) groups excluding carboxylic acids is 2. The predicted molar refractivity (Wildman–Crippen MR) is 99.1 cm³/mol. The molecule has 2 rings (SSSR count). The van der Waals surface area contributed by atoms with E-state index in [0.29, 0.717) is 43.3 Å². The largest absolute Gasteiger partial charge is 0.496 e. The van der Waals surface area contributed by atoms with E-state index in [-0.39, 0.29) is 11.8 Å². The molecule has 5 heteroatoms. The van der Waals surface area contributed by atoms with Crippen LogP contribution in [0.5, 0.6) is 5.75 Å². The van der Waals surface area contributed by atoms with Gasteiger partial charge in [-0.1, -0.05) is 26.8 Å². The van der Waals surface area contributed by atoms with Crippen molar-refractivity contribution in [1.82, 2.24) is 9.80 Å². The first-order valence-electron chi connectivity index (χ1n) is 9.22. The molecule has 5 nitrogen and oxygen atoms in total. The molecule has 0 unspecified atom stereocenters. The number of nitrogens with zero attached hydrogens (tertiary/aromatic N) is 2. The molecule has 0 radical (unpaired) electrons. The van der Waals surface area contributed by atoms with Gasteiger partial charge in [-0.2, -0.15) is 0 Å². The van der Waals surface area contributed by atoms with E-state index >= 15 is 0 Å². The monoisotopic (exact) mass is 346 g/mol. The average Bonchev–Trinajstić information content (AvgIpc) is 2.87. The number of hydrogen-bond donors (Lipinski definition) is 0. The lowest BCUT2D eigenvalue weighted by Gasteiger charge is -2.23. The second kappa shape index (κ2) is 8.88. The molecular formula is C20H30N2O3. The molecule has 1 aromatic rings. The van der Waals surface area contributed by atoms with Gasteiger partial charge in [0.15, 0.2) is 0 Å². The minimum atomic E-state index is -0.0101. The number of benzene rings is 1. The van der Waals surface area contributed by atoms with Gasteiger partial charge in [-0.05, 0) is 36.5 Å². The second-order valence-corrected chi connectivity index (χ2v) is 6.89. The van der Waals surface area contributed by atoms with Crippen molar-refractivity contribution in [2.45, 2.75) is 46.0 Å². The predicted octanol–water partition coefficient (Wildman–Crippen LogP) is 3.29. The highest BCUT2D eigenvalue weighted by Gasteiger charge is 2.24. The van der Waals surface area contributed by atoms with Crippen LogP contribution < -0.4 is 4.74 Å². The summed E-state index contributed by atoms with van der Waals surface area (Å²) in [6.07, 6.45) is 2.25. The molecule has 0 bridgehead atoms. The van der Waals surface area contributed by atoms with Gasteiger partial charge in [0.25, 0.3) is 5.91 Å². The quantitative estimate of drug-likeness (QED) is 0.822. The molecule has 25 heavy (non-hydrogen) atoms. The van der Waals surface area contributed by atoms with Gasteiger partial charge in [-0.15, -0.1) is 0 Å². The van der Waals surface area contributed by atoms with Crippen LogP contribution in [-0.2, 0) is 4.79 Å². The zero-order chi connectivity index (χ0) is 18.4. The first-order valence-corrected chi connectivity index (χ1v) is 9.22. The standard InChI is InChI=1S/C20H30N2O3/c1-5-7-19(23)21-10-6-11-22(13-12-21)20(24)17-14-16(15(2)3)8-9-18(17)25-4/h8-9,14-15H,5-7,10-13H2,1-4H3. The van der Waals surface area contributed by atoms with Crippen molar-refractivity contribution in [2.24, 2.45) is 0 Å². The highest BCUT2D eigenvalue weighted by molar-refractivity contribution is 5.97. The minimum absolute atomic E-state index is 0.0101. The molecule has 0 saturated carbocycles. The Morgan fingerprint density at radius 1 is 1.12 bits per heavy atom. The molecule has 1 saturated heterocycles. The summed E-state index contributed by atoms with van der Waals surface area (Å²) >= 11 is 0. The van der Waals surface area contributed by atoms with Crippen LogP contribution in [0.3, 0.4) is 0 Å². The molecule has 1 heterocycles. The molecule has 0 aliphatic carbocycles. The van der Waals surface area contributed by atoms with E-state index in [1.54, 1.807) is 7.11 Å². The Hall–Kier alpha value is -2.04. The maximum atomic E-state index is 13.1. The molecule has 0 atom stereocenters. The van der Waals surface area contributed by atoms with Gasteiger partial charge in [0, 0.05) is 32.6 Å². The van der Waals surface area contributed by atoms with Crippen molar-refractivity contribution in [3.63, 3.8) is 0 Å². The van der Waals surface area contributed by atoms with E-state index < -0.39 is 0 Å². The molecule has 138 valence electrons. The van der Waals surface area contributed by atoms with E-state index in [2.05, 4.69) is 13.8 Å².